The second-order valence-corrected chi connectivity index (χ2v) is 8.62. The van der Waals surface area contributed by atoms with Gasteiger partial charge in [-0.25, -0.2) is 0 Å². The summed E-state index contributed by atoms with van der Waals surface area (Å²) in [6, 6.07) is -1.41. The Labute approximate surface area is 215 Å². The lowest BCUT2D eigenvalue weighted by Gasteiger charge is -2.20. The monoisotopic (exact) mass is 532 g/mol. The maximum absolute atomic E-state index is 12.7. The van der Waals surface area contributed by atoms with Crippen LogP contribution >= 0.6 is 11.8 Å². The molecule has 0 heterocycles. The number of amides is 5. The van der Waals surface area contributed by atoms with E-state index in [2.05, 4.69) is 31.6 Å². The lowest BCUT2D eigenvalue weighted by atomic mass is 10.1. The first-order valence-electron chi connectivity index (χ1n) is 11.5. The van der Waals surface area contributed by atoms with Gasteiger partial charge in [0.25, 0.3) is 0 Å². The SMILES string of the molecule is CSCCC(NCCNC(=O)C(CCCN=C(N)N)NC(=O)CCNC(=O)CN)C(=O)NCC(N)=O. The Kier molecular flexibility index (Phi) is 18.4. The molecule has 0 aromatic carbocycles. The number of aliphatic imine (C=N–C) groups is 1. The van der Waals surface area contributed by atoms with E-state index in [9.17, 15) is 24.0 Å². The Hall–Kier alpha value is -3.11. The summed E-state index contributed by atoms with van der Waals surface area (Å²) in [6.45, 7) is 0.386. The molecule has 36 heavy (non-hydrogen) atoms. The quantitative estimate of drug-likeness (QED) is 0.0411. The van der Waals surface area contributed by atoms with Gasteiger partial charge in [-0.15, -0.1) is 0 Å². The minimum Gasteiger partial charge on any atom is -0.370 e. The van der Waals surface area contributed by atoms with E-state index >= 15 is 0 Å². The third-order valence-corrected chi connectivity index (χ3v) is 5.28. The minimum absolute atomic E-state index is 0.0253. The molecule has 2 atom stereocenters. The summed E-state index contributed by atoms with van der Waals surface area (Å²) in [5.41, 5.74) is 20.9. The largest absolute Gasteiger partial charge is 0.370 e. The second-order valence-electron chi connectivity index (χ2n) is 7.64. The molecule has 0 aliphatic carbocycles. The van der Waals surface area contributed by atoms with Gasteiger partial charge in [0.2, 0.25) is 29.5 Å². The molecular weight excluding hydrogens is 492 g/mol. The molecule has 13 N–H and O–H groups in total. The Morgan fingerprint density at radius 2 is 1.56 bits per heavy atom. The molecule has 0 radical (unpaired) electrons. The molecular formula is C20H40N10O5S. The molecule has 206 valence electrons. The summed E-state index contributed by atoms with van der Waals surface area (Å²) in [5.74, 6) is -1.59. The standard InChI is InChI=1S/C20H40N10O5S/c1-36-10-5-13(18(34)29-12-15(22)31)25-8-9-27-19(35)14(3-2-6-28-20(23)24)30-16(32)4-7-26-17(33)11-21/h13-14,25H,2-12,21H2,1H3,(H2,22,31)(H,26,33)(H,27,35)(H,29,34)(H,30,32)(H4,23,24,28). The minimum atomic E-state index is -0.844. The molecule has 0 bridgehead atoms. The van der Waals surface area contributed by atoms with E-state index in [0.717, 1.165) is 0 Å². The van der Waals surface area contributed by atoms with Crippen LogP contribution in [0.2, 0.25) is 0 Å². The van der Waals surface area contributed by atoms with Crippen LogP contribution in [0.15, 0.2) is 4.99 Å². The number of thioether (sulfide) groups is 1. The first kappa shape index (κ1) is 32.9. The van der Waals surface area contributed by atoms with Gasteiger partial charge >= 0.3 is 0 Å². The van der Waals surface area contributed by atoms with Crippen molar-refractivity contribution in [2.75, 3.05) is 51.3 Å². The van der Waals surface area contributed by atoms with E-state index < -0.39 is 29.8 Å². The van der Waals surface area contributed by atoms with Crippen molar-refractivity contribution in [1.29, 1.82) is 0 Å². The number of nitrogens with one attached hydrogen (secondary N) is 5. The van der Waals surface area contributed by atoms with Crippen molar-refractivity contribution in [3.8, 4) is 0 Å². The van der Waals surface area contributed by atoms with Crippen LogP contribution in [0.25, 0.3) is 0 Å². The van der Waals surface area contributed by atoms with Crippen LogP contribution in [0.5, 0.6) is 0 Å². The lowest BCUT2D eigenvalue weighted by Crippen LogP contribution is -2.51. The van der Waals surface area contributed by atoms with E-state index in [-0.39, 0.29) is 69.9 Å². The number of rotatable bonds is 20. The highest BCUT2D eigenvalue weighted by Gasteiger charge is 2.21. The van der Waals surface area contributed by atoms with Crippen LogP contribution in [0.1, 0.15) is 25.7 Å². The third kappa shape index (κ3) is 17.3. The van der Waals surface area contributed by atoms with Gasteiger partial charge in [0, 0.05) is 32.6 Å². The Bertz CT molecular complexity index is 748. The zero-order valence-electron chi connectivity index (χ0n) is 20.6. The predicted molar refractivity (Wildman–Crippen MR) is 139 cm³/mol. The van der Waals surface area contributed by atoms with Crippen molar-refractivity contribution in [2.24, 2.45) is 27.9 Å². The van der Waals surface area contributed by atoms with Gasteiger partial charge in [-0.1, -0.05) is 0 Å². The summed E-state index contributed by atoms with van der Waals surface area (Å²) in [5, 5.41) is 13.4. The average Bonchev–Trinajstić information content (AvgIpc) is 2.83. The van der Waals surface area contributed by atoms with Crippen LogP contribution in [0.3, 0.4) is 0 Å². The summed E-state index contributed by atoms with van der Waals surface area (Å²) < 4.78 is 0. The van der Waals surface area contributed by atoms with E-state index in [4.69, 9.17) is 22.9 Å². The van der Waals surface area contributed by atoms with Crippen molar-refractivity contribution >= 4 is 47.3 Å². The highest BCUT2D eigenvalue weighted by molar-refractivity contribution is 7.98. The summed E-state index contributed by atoms with van der Waals surface area (Å²) in [6.07, 6.45) is 3.12. The van der Waals surface area contributed by atoms with Crippen molar-refractivity contribution in [1.82, 2.24) is 26.6 Å². The maximum Gasteiger partial charge on any atom is 0.242 e. The van der Waals surface area contributed by atoms with Gasteiger partial charge in [0.1, 0.15) is 6.04 Å². The predicted octanol–water partition coefficient (Wildman–Crippen LogP) is -4.58. The van der Waals surface area contributed by atoms with E-state index in [1.807, 2.05) is 6.26 Å². The first-order chi connectivity index (χ1) is 17.1. The first-order valence-corrected chi connectivity index (χ1v) is 12.9. The molecule has 0 saturated heterocycles. The number of guanidine groups is 1. The Balaban J connectivity index is 4.79. The smallest absolute Gasteiger partial charge is 0.242 e. The Morgan fingerprint density at radius 3 is 2.17 bits per heavy atom. The molecule has 2 unspecified atom stereocenters. The molecule has 0 aliphatic heterocycles. The molecule has 0 aromatic rings. The molecule has 0 saturated carbocycles. The average molecular weight is 533 g/mol. The number of nitrogens with zero attached hydrogens (tertiary/aromatic N) is 1. The maximum atomic E-state index is 12.7. The van der Waals surface area contributed by atoms with Gasteiger partial charge in [-0.2, -0.15) is 11.8 Å². The van der Waals surface area contributed by atoms with Crippen LogP contribution in [-0.2, 0) is 24.0 Å². The number of hydrogen-bond donors (Lipinski definition) is 9. The highest BCUT2D eigenvalue weighted by Crippen LogP contribution is 2.02. The fraction of sp³-hybridized carbons (Fsp3) is 0.700. The summed E-state index contributed by atoms with van der Waals surface area (Å²) in [7, 11) is 0. The number of carbonyl (C=O) groups excluding carboxylic acids is 5. The number of nitrogens with two attached hydrogens (primary N) is 4. The van der Waals surface area contributed by atoms with Gasteiger partial charge < -0.3 is 49.5 Å². The van der Waals surface area contributed by atoms with E-state index in [0.29, 0.717) is 18.6 Å². The lowest BCUT2D eigenvalue weighted by molar-refractivity contribution is -0.129. The van der Waals surface area contributed by atoms with Crippen LogP contribution < -0.4 is 49.5 Å². The molecule has 15 nitrogen and oxygen atoms in total. The molecule has 0 fully saturated rings. The summed E-state index contributed by atoms with van der Waals surface area (Å²) >= 11 is 1.57. The van der Waals surface area contributed by atoms with Gasteiger partial charge in [-0.3, -0.25) is 29.0 Å². The van der Waals surface area contributed by atoms with Crippen molar-refractivity contribution in [2.45, 2.75) is 37.8 Å². The number of carbonyl (C=O) groups is 5. The van der Waals surface area contributed by atoms with Crippen molar-refractivity contribution in [3.05, 3.63) is 0 Å². The van der Waals surface area contributed by atoms with Gasteiger partial charge in [-0.05, 0) is 31.3 Å². The van der Waals surface area contributed by atoms with Gasteiger partial charge in [0.05, 0.1) is 19.1 Å². The fourth-order valence-electron chi connectivity index (χ4n) is 2.84. The number of primary amides is 1. The molecule has 5 amide bonds. The Morgan fingerprint density at radius 1 is 0.861 bits per heavy atom. The van der Waals surface area contributed by atoms with E-state index in [1.54, 1.807) is 11.8 Å². The molecule has 16 heteroatoms. The van der Waals surface area contributed by atoms with Crippen LogP contribution in [0.4, 0.5) is 0 Å². The van der Waals surface area contributed by atoms with E-state index in [1.165, 1.54) is 0 Å². The third-order valence-electron chi connectivity index (χ3n) is 4.64. The van der Waals surface area contributed by atoms with Crippen LogP contribution in [0, 0.1) is 0 Å². The van der Waals surface area contributed by atoms with Crippen LogP contribution in [-0.4, -0.2) is 98.9 Å². The highest BCUT2D eigenvalue weighted by atomic mass is 32.2. The zero-order chi connectivity index (χ0) is 27.3. The zero-order valence-corrected chi connectivity index (χ0v) is 21.5. The molecule has 0 spiro atoms. The fourth-order valence-corrected chi connectivity index (χ4v) is 3.31. The van der Waals surface area contributed by atoms with Crippen molar-refractivity contribution in [3.63, 3.8) is 0 Å². The van der Waals surface area contributed by atoms with Gasteiger partial charge in [0.15, 0.2) is 5.96 Å². The normalized spacial score (nSPS) is 12.1. The summed E-state index contributed by atoms with van der Waals surface area (Å²) in [4.78, 5) is 63.2. The number of hydrogen-bond acceptors (Lipinski definition) is 9. The topological polar surface area (TPSA) is 262 Å². The molecule has 0 rings (SSSR count). The molecule has 0 aliphatic rings. The van der Waals surface area contributed by atoms with Crippen molar-refractivity contribution < 1.29 is 24.0 Å². The molecule has 0 aromatic heterocycles. The second kappa shape index (κ2) is 20.1.